The molecular weight excluding hydrogens is 226 g/mol. The van der Waals surface area contributed by atoms with Gasteiger partial charge in [-0.2, -0.15) is 0 Å². The minimum absolute atomic E-state index is 0.437. The minimum Gasteiger partial charge on any atom is -0.379 e. The van der Waals surface area contributed by atoms with Gasteiger partial charge in [-0.05, 0) is 40.7 Å². The molecule has 0 bridgehead atoms. The quantitative estimate of drug-likeness (QED) is 0.806. The highest BCUT2D eigenvalue weighted by atomic mass is 16.5. The molecule has 2 aliphatic heterocycles. The zero-order valence-corrected chi connectivity index (χ0v) is 12.6. The van der Waals surface area contributed by atoms with Gasteiger partial charge in [-0.15, -0.1) is 0 Å². The van der Waals surface area contributed by atoms with Crippen LogP contribution in [-0.4, -0.2) is 67.3 Å². The van der Waals surface area contributed by atoms with Crippen molar-refractivity contribution in [2.24, 2.45) is 5.73 Å². The summed E-state index contributed by atoms with van der Waals surface area (Å²) in [6.45, 7) is 15.2. The molecular formula is C14H31N3O. The average molecular weight is 257 g/mol. The van der Waals surface area contributed by atoms with Gasteiger partial charge < -0.3 is 10.5 Å². The Morgan fingerprint density at radius 1 is 0.944 bits per heavy atom. The highest BCUT2D eigenvalue weighted by Gasteiger charge is 2.20. The van der Waals surface area contributed by atoms with Crippen molar-refractivity contribution < 1.29 is 4.74 Å². The summed E-state index contributed by atoms with van der Waals surface area (Å²) in [5.41, 5.74) is 5.72. The first-order valence-electron chi connectivity index (χ1n) is 7.32. The second-order valence-electron chi connectivity index (χ2n) is 5.88. The Bertz CT molecular complexity index is 206. The highest BCUT2D eigenvalue weighted by molar-refractivity contribution is 4.79. The van der Waals surface area contributed by atoms with Gasteiger partial charge >= 0.3 is 0 Å². The van der Waals surface area contributed by atoms with E-state index in [1.54, 1.807) is 0 Å². The van der Waals surface area contributed by atoms with E-state index in [1.165, 1.54) is 13.0 Å². The van der Waals surface area contributed by atoms with Crippen molar-refractivity contribution in [3.05, 3.63) is 0 Å². The van der Waals surface area contributed by atoms with E-state index in [9.17, 15) is 0 Å². The van der Waals surface area contributed by atoms with Crippen molar-refractivity contribution in [2.45, 2.75) is 52.2 Å². The van der Waals surface area contributed by atoms with E-state index in [0.29, 0.717) is 18.1 Å². The lowest BCUT2D eigenvalue weighted by Crippen LogP contribution is -2.40. The molecule has 0 aliphatic carbocycles. The van der Waals surface area contributed by atoms with Gasteiger partial charge in [0.1, 0.15) is 0 Å². The third-order valence-corrected chi connectivity index (χ3v) is 3.76. The maximum absolute atomic E-state index is 5.72. The fourth-order valence-corrected chi connectivity index (χ4v) is 2.38. The van der Waals surface area contributed by atoms with Gasteiger partial charge in [0.05, 0.1) is 13.2 Å². The third-order valence-electron chi connectivity index (χ3n) is 3.76. The molecule has 0 aromatic carbocycles. The molecule has 0 aromatic heterocycles. The maximum atomic E-state index is 5.72. The lowest BCUT2D eigenvalue weighted by molar-refractivity contribution is 0.0238. The molecule has 18 heavy (non-hydrogen) atoms. The van der Waals surface area contributed by atoms with Gasteiger partial charge in [-0.3, -0.25) is 9.80 Å². The zero-order valence-electron chi connectivity index (χ0n) is 12.6. The fourth-order valence-electron chi connectivity index (χ4n) is 2.38. The van der Waals surface area contributed by atoms with Crippen molar-refractivity contribution in [3.8, 4) is 0 Å². The Hall–Kier alpha value is -0.160. The van der Waals surface area contributed by atoms with Crippen LogP contribution >= 0.6 is 0 Å². The summed E-state index contributed by atoms with van der Waals surface area (Å²) in [6, 6.07) is 1.81. The van der Waals surface area contributed by atoms with Gasteiger partial charge in [0, 0.05) is 37.8 Å². The van der Waals surface area contributed by atoms with Crippen molar-refractivity contribution in [1.82, 2.24) is 9.80 Å². The van der Waals surface area contributed by atoms with Crippen LogP contribution in [0.25, 0.3) is 0 Å². The molecule has 2 fully saturated rings. The van der Waals surface area contributed by atoms with Crippen LogP contribution in [0.5, 0.6) is 0 Å². The molecule has 0 amide bonds. The number of hydrogen-bond donors (Lipinski definition) is 1. The van der Waals surface area contributed by atoms with Gasteiger partial charge in [0.15, 0.2) is 0 Å². The molecule has 2 N–H and O–H groups in total. The molecule has 4 nitrogen and oxygen atoms in total. The Morgan fingerprint density at radius 3 is 1.78 bits per heavy atom. The Kier molecular flexibility index (Phi) is 7.15. The summed E-state index contributed by atoms with van der Waals surface area (Å²) in [7, 11) is 0. The van der Waals surface area contributed by atoms with Crippen LogP contribution < -0.4 is 5.73 Å². The molecule has 0 spiro atoms. The van der Waals surface area contributed by atoms with E-state index in [1.807, 2.05) is 0 Å². The van der Waals surface area contributed by atoms with Crippen LogP contribution in [0.4, 0.5) is 0 Å². The monoisotopic (exact) mass is 257 g/mol. The van der Waals surface area contributed by atoms with Crippen molar-refractivity contribution in [3.63, 3.8) is 0 Å². The van der Waals surface area contributed by atoms with E-state index in [0.717, 1.165) is 32.8 Å². The number of likely N-dealkylation sites (tertiary alicyclic amines) is 1. The van der Waals surface area contributed by atoms with E-state index < -0.39 is 0 Å². The largest absolute Gasteiger partial charge is 0.379 e. The lowest BCUT2D eigenvalue weighted by Gasteiger charge is -2.29. The molecule has 2 rings (SSSR count). The molecule has 0 saturated carbocycles. The van der Waals surface area contributed by atoms with E-state index in [4.69, 9.17) is 10.5 Å². The molecule has 0 radical (unpaired) electrons. The number of nitrogens with zero attached hydrogens (tertiary/aromatic N) is 2. The van der Waals surface area contributed by atoms with Gasteiger partial charge in [-0.25, -0.2) is 0 Å². The van der Waals surface area contributed by atoms with Crippen molar-refractivity contribution >= 4 is 0 Å². The summed E-state index contributed by atoms with van der Waals surface area (Å²) in [6.07, 6.45) is 1.18. The second-order valence-corrected chi connectivity index (χ2v) is 5.88. The van der Waals surface area contributed by atoms with Crippen LogP contribution in [0, 0.1) is 0 Å². The Labute approximate surface area is 112 Å². The average Bonchev–Trinajstić information content (AvgIpc) is 2.78. The molecule has 108 valence electrons. The topological polar surface area (TPSA) is 41.7 Å². The molecule has 2 saturated heterocycles. The standard InChI is InChI=1S/C7H16N2.C7H15NO/c1-6(2)9-4-3-7(8)5-9;1-7(2)8-3-5-9-6-4-8/h6-7H,3-5,8H2,1-2H3;7H,3-6H2,1-2H3/t7-;/m0./s1. The van der Waals surface area contributed by atoms with Crippen LogP contribution in [0.15, 0.2) is 0 Å². The van der Waals surface area contributed by atoms with E-state index in [-0.39, 0.29) is 0 Å². The maximum Gasteiger partial charge on any atom is 0.0594 e. The molecule has 2 aliphatic rings. The zero-order chi connectivity index (χ0) is 13.5. The Morgan fingerprint density at radius 2 is 1.50 bits per heavy atom. The van der Waals surface area contributed by atoms with E-state index >= 15 is 0 Å². The molecule has 0 aromatic rings. The summed E-state index contributed by atoms with van der Waals surface area (Å²) in [4.78, 5) is 4.86. The molecule has 0 unspecified atom stereocenters. The summed E-state index contributed by atoms with van der Waals surface area (Å²) < 4.78 is 5.21. The van der Waals surface area contributed by atoms with Gasteiger partial charge in [0.2, 0.25) is 0 Å². The molecule has 1 atom stereocenters. The van der Waals surface area contributed by atoms with Crippen LogP contribution in [0.3, 0.4) is 0 Å². The first-order chi connectivity index (χ1) is 8.50. The number of ether oxygens (including phenoxy) is 1. The summed E-state index contributed by atoms with van der Waals surface area (Å²) in [5, 5.41) is 0. The predicted molar refractivity (Wildman–Crippen MR) is 76.8 cm³/mol. The predicted octanol–water partition coefficient (Wildman–Crippen LogP) is 1.15. The first kappa shape index (κ1) is 15.9. The number of morpholine rings is 1. The number of rotatable bonds is 2. The summed E-state index contributed by atoms with van der Waals surface area (Å²) >= 11 is 0. The van der Waals surface area contributed by atoms with Gasteiger partial charge in [0.25, 0.3) is 0 Å². The van der Waals surface area contributed by atoms with Crippen molar-refractivity contribution in [1.29, 1.82) is 0 Å². The highest BCUT2D eigenvalue weighted by Crippen LogP contribution is 2.09. The lowest BCUT2D eigenvalue weighted by atomic mass is 10.3. The van der Waals surface area contributed by atoms with Crippen LogP contribution in [0.2, 0.25) is 0 Å². The third kappa shape index (κ3) is 5.65. The van der Waals surface area contributed by atoms with Crippen molar-refractivity contribution in [2.75, 3.05) is 39.4 Å². The number of hydrogen-bond acceptors (Lipinski definition) is 4. The normalized spacial score (nSPS) is 26.5. The van der Waals surface area contributed by atoms with Gasteiger partial charge in [-0.1, -0.05) is 0 Å². The molecule has 2 heterocycles. The summed E-state index contributed by atoms with van der Waals surface area (Å²) in [5.74, 6) is 0. The molecule has 4 heteroatoms. The minimum atomic E-state index is 0.437. The van der Waals surface area contributed by atoms with E-state index in [2.05, 4.69) is 37.5 Å². The smallest absolute Gasteiger partial charge is 0.0594 e. The first-order valence-corrected chi connectivity index (χ1v) is 7.32. The second kappa shape index (κ2) is 8.10. The van der Waals surface area contributed by atoms with Crippen LogP contribution in [-0.2, 0) is 4.74 Å². The van der Waals surface area contributed by atoms with Crippen LogP contribution in [0.1, 0.15) is 34.1 Å². The SMILES string of the molecule is CC(C)N1CCOCC1.CC(C)N1CC[C@H](N)C1. The Balaban J connectivity index is 0.000000180. The number of nitrogens with two attached hydrogens (primary N) is 1. The fraction of sp³-hybridized carbons (Fsp3) is 1.00.